The molecule has 0 aliphatic rings. The van der Waals surface area contributed by atoms with Crippen molar-refractivity contribution in [3.63, 3.8) is 0 Å². The molecular formula is C9H15N5O. The Kier molecular flexibility index (Phi) is 3.84. The van der Waals surface area contributed by atoms with Crippen molar-refractivity contribution in [1.82, 2.24) is 15.3 Å². The topological polar surface area (TPSA) is 78.9 Å². The molecule has 1 unspecified atom stereocenters. The maximum atomic E-state index is 11.2. The lowest BCUT2D eigenvalue weighted by molar-refractivity contribution is -0.121. The zero-order chi connectivity index (χ0) is 11.3. The standard InChI is InChI=1S/C9H15N5O/c1-6(9(15)11-3)13-8-5-12-4-7(10-2)14-8/h4-6H,1-3H3,(H,11,15)(H2,10,13,14). The van der Waals surface area contributed by atoms with E-state index in [0.717, 1.165) is 0 Å². The number of rotatable bonds is 4. The van der Waals surface area contributed by atoms with Gasteiger partial charge in [-0.25, -0.2) is 4.98 Å². The van der Waals surface area contributed by atoms with Gasteiger partial charge in [0.25, 0.3) is 0 Å². The summed E-state index contributed by atoms with van der Waals surface area (Å²) >= 11 is 0. The molecule has 1 aromatic heterocycles. The molecule has 1 rings (SSSR count). The van der Waals surface area contributed by atoms with Gasteiger partial charge in [-0.15, -0.1) is 0 Å². The Morgan fingerprint density at radius 2 is 2.00 bits per heavy atom. The summed E-state index contributed by atoms with van der Waals surface area (Å²) in [6.45, 7) is 1.76. The Morgan fingerprint density at radius 1 is 1.33 bits per heavy atom. The van der Waals surface area contributed by atoms with Crippen LogP contribution in [0.25, 0.3) is 0 Å². The third-order valence-electron chi connectivity index (χ3n) is 1.89. The second kappa shape index (κ2) is 5.14. The average molecular weight is 209 g/mol. The van der Waals surface area contributed by atoms with Crippen LogP contribution in [-0.4, -0.2) is 36.0 Å². The number of hydrogen-bond acceptors (Lipinski definition) is 5. The minimum absolute atomic E-state index is 0.0911. The fraction of sp³-hybridized carbons (Fsp3) is 0.444. The Balaban J connectivity index is 2.67. The van der Waals surface area contributed by atoms with Crippen molar-refractivity contribution >= 4 is 17.5 Å². The molecule has 3 N–H and O–H groups in total. The largest absolute Gasteiger partial charge is 0.372 e. The molecule has 0 fully saturated rings. The Morgan fingerprint density at radius 3 is 2.60 bits per heavy atom. The first-order valence-corrected chi connectivity index (χ1v) is 4.65. The first kappa shape index (κ1) is 11.2. The molecule has 0 saturated heterocycles. The third-order valence-corrected chi connectivity index (χ3v) is 1.89. The number of carbonyl (C=O) groups excluding carboxylic acids is 1. The van der Waals surface area contributed by atoms with E-state index >= 15 is 0 Å². The highest BCUT2D eigenvalue weighted by Crippen LogP contribution is 2.06. The van der Waals surface area contributed by atoms with Crippen LogP contribution in [0.4, 0.5) is 11.6 Å². The average Bonchev–Trinajstić information content (AvgIpc) is 2.28. The first-order chi connectivity index (χ1) is 7.17. The lowest BCUT2D eigenvalue weighted by atomic mass is 10.3. The van der Waals surface area contributed by atoms with Gasteiger partial charge >= 0.3 is 0 Å². The maximum absolute atomic E-state index is 11.2. The number of nitrogens with zero attached hydrogens (tertiary/aromatic N) is 2. The van der Waals surface area contributed by atoms with Gasteiger partial charge in [0.05, 0.1) is 12.4 Å². The molecule has 0 radical (unpaired) electrons. The fourth-order valence-corrected chi connectivity index (χ4v) is 1.06. The Hall–Kier alpha value is -1.85. The van der Waals surface area contributed by atoms with E-state index in [1.807, 2.05) is 0 Å². The monoisotopic (exact) mass is 209 g/mol. The van der Waals surface area contributed by atoms with Crippen molar-refractivity contribution in [2.24, 2.45) is 0 Å². The van der Waals surface area contributed by atoms with E-state index in [-0.39, 0.29) is 11.9 Å². The zero-order valence-corrected chi connectivity index (χ0v) is 9.03. The van der Waals surface area contributed by atoms with Gasteiger partial charge in [0.15, 0.2) is 0 Å². The Bertz CT molecular complexity index is 341. The molecule has 0 aliphatic heterocycles. The summed E-state index contributed by atoms with van der Waals surface area (Å²) in [5, 5.41) is 8.36. The molecule has 1 atom stereocenters. The van der Waals surface area contributed by atoms with E-state index in [1.54, 1.807) is 33.4 Å². The summed E-state index contributed by atoms with van der Waals surface area (Å²) in [4.78, 5) is 19.4. The minimum atomic E-state index is -0.337. The van der Waals surface area contributed by atoms with Gasteiger partial charge < -0.3 is 16.0 Å². The molecule has 6 heteroatoms. The van der Waals surface area contributed by atoms with Crippen LogP contribution in [0.3, 0.4) is 0 Å². The van der Waals surface area contributed by atoms with Gasteiger partial charge in [-0.2, -0.15) is 0 Å². The van der Waals surface area contributed by atoms with E-state index in [2.05, 4.69) is 25.9 Å². The highest BCUT2D eigenvalue weighted by Gasteiger charge is 2.10. The van der Waals surface area contributed by atoms with Crippen LogP contribution in [-0.2, 0) is 4.79 Å². The normalized spacial score (nSPS) is 11.7. The van der Waals surface area contributed by atoms with Crippen LogP contribution in [0, 0.1) is 0 Å². The number of nitrogens with one attached hydrogen (secondary N) is 3. The molecule has 1 amide bonds. The van der Waals surface area contributed by atoms with Crippen LogP contribution in [0.2, 0.25) is 0 Å². The Labute approximate surface area is 88.5 Å². The summed E-state index contributed by atoms with van der Waals surface area (Å²) < 4.78 is 0. The smallest absolute Gasteiger partial charge is 0.241 e. The number of amides is 1. The maximum Gasteiger partial charge on any atom is 0.241 e. The lowest BCUT2D eigenvalue weighted by Crippen LogP contribution is -2.35. The first-order valence-electron chi connectivity index (χ1n) is 4.65. The molecule has 15 heavy (non-hydrogen) atoms. The third kappa shape index (κ3) is 3.08. The van der Waals surface area contributed by atoms with E-state index in [0.29, 0.717) is 11.6 Å². The predicted octanol–water partition coefficient (Wildman–Crippen LogP) is 0.0647. The van der Waals surface area contributed by atoms with E-state index in [4.69, 9.17) is 0 Å². The van der Waals surface area contributed by atoms with Crippen LogP contribution >= 0.6 is 0 Å². The molecule has 82 valence electrons. The lowest BCUT2D eigenvalue weighted by Gasteiger charge is -2.12. The molecule has 6 nitrogen and oxygen atoms in total. The van der Waals surface area contributed by atoms with Crippen LogP contribution < -0.4 is 16.0 Å². The number of hydrogen-bond donors (Lipinski definition) is 3. The molecule has 0 saturated carbocycles. The van der Waals surface area contributed by atoms with Crippen molar-refractivity contribution in [1.29, 1.82) is 0 Å². The molecular weight excluding hydrogens is 194 g/mol. The van der Waals surface area contributed by atoms with Gasteiger partial charge in [-0.3, -0.25) is 9.78 Å². The van der Waals surface area contributed by atoms with Gasteiger partial charge in [-0.1, -0.05) is 0 Å². The number of carbonyl (C=O) groups is 1. The summed E-state index contributed by atoms with van der Waals surface area (Å²) in [6, 6.07) is -0.337. The van der Waals surface area contributed by atoms with Crippen molar-refractivity contribution in [3.8, 4) is 0 Å². The second-order valence-electron chi connectivity index (χ2n) is 3.02. The van der Waals surface area contributed by atoms with Gasteiger partial charge in [0.2, 0.25) is 5.91 Å². The number of aromatic nitrogens is 2. The quantitative estimate of drug-likeness (QED) is 0.653. The molecule has 0 spiro atoms. The summed E-state index contributed by atoms with van der Waals surface area (Å²) in [6.07, 6.45) is 3.18. The van der Waals surface area contributed by atoms with E-state index in [1.165, 1.54) is 0 Å². The highest BCUT2D eigenvalue weighted by atomic mass is 16.2. The molecule has 1 aromatic rings. The van der Waals surface area contributed by atoms with Gasteiger partial charge in [0, 0.05) is 14.1 Å². The van der Waals surface area contributed by atoms with Gasteiger partial charge in [-0.05, 0) is 6.92 Å². The SMILES string of the molecule is CNC(=O)C(C)Nc1cncc(NC)n1. The van der Waals surface area contributed by atoms with Gasteiger partial charge in [0.1, 0.15) is 17.7 Å². The van der Waals surface area contributed by atoms with E-state index in [9.17, 15) is 4.79 Å². The summed E-state index contributed by atoms with van der Waals surface area (Å²) in [7, 11) is 3.35. The van der Waals surface area contributed by atoms with Crippen molar-refractivity contribution in [3.05, 3.63) is 12.4 Å². The molecule has 0 bridgehead atoms. The fourth-order valence-electron chi connectivity index (χ4n) is 1.06. The summed E-state index contributed by atoms with van der Waals surface area (Å²) in [5.41, 5.74) is 0. The number of anilines is 2. The molecule has 1 heterocycles. The van der Waals surface area contributed by atoms with Crippen LogP contribution in [0.1, 0.15) is 6.92 Å². The van der Waals surface area contributed by atoms with Crippen molar-refractivity contribution in [2.75, 3.05) is 24.7 Å². The van der Waals surface area contributed by atoms with E-state index < -0.39 is 0 Å². The molecule has 0 aromatic carbocycles. The number of likely N-dealkylation sites (N-methyl/N-ethyl adjacent to an activating group) is 1. The minimum Gasteiger partial charge on any atom is -0.372 e. The van der Waals surface area contributed by atoms with Crippen LogP contribution in [0.15, 0.2) is 12.4 Å². The van der Waals surface area contributed by atoms with Crippen molar-refractivity contribution in [2.45, 2.75) is 13.0 Å². The second-order valence-corrected chi connectivity index (χ2v) is 3.02. The predicted molar refractivity (Wildman–Crippen MR) is 58.7 cm³/mol. The van der Waals surface area contributed by atoms with Crippen molar-refractivity contribution < 1.29 is 4.79 Å². The summed E-state index contributed by atoms with van der Waals surface area (Å²) in [5.74, 6) is 1.13. The zero-order valence-electron chi connectivity index (χ0n) is 9.03. The highest BCUT2D eigenvalue weighted by molar-refractivity contribution is 5.83. The van der Waals surface area contributed by atoms with Crippen LogP contribution in [0.5, 0.6) is 0 Å². The molecule has 0 aliphatic carbocycles.